The standard InChI is InChI=1S/C29H46N4O4/c1-3-30(4-2)22-23-31(29(35)24-17-19-27(20-18-24)33(36)37)21-11-16-28(34)32(25-12-7-5-8-13-25)26-14-9-6-10-15-26/h17-20,25-26H,3-16,21-23H2,1-2H3. The molecule has 0 radical (unpaired) electrons. The summed E-state index contributed by atoms with van der Waals surface area (Å²) in [6.07, 6.45) is 13.0. The summed E-state index contributed by atoms with van der Waals surface area (Å²) in [5, 5.41) is 11.0. The monoisotopic (exact) mass is 514 g/mol. The van der Waals surface area contributed by atoms with E-state index in [0.29, 0.717) is 43.6 Å². The predicted molar refractivity (Wildman–Crippen MR) is 147 cm³/mol. The lowest BCUT2D eigenvalue weighted by molar-refractivity contribution is -0.384. The number of likely N-dealkylation sites (N-methyl/N-ethyl adjacent to an activating group) is 1. The molecule has 3 rings (SSSR count). The smallest absolute Gasteiger partial charge is 0.269 e. The Morgan fingerprint density at radius 1 is 0.838 bits per heavy atom. The lowest BCUT2D eigenvalue weighted by atomic mass is 9.88. The first-order valence-corrected chi connectivity index (χ1v) is 14.5. The van der Waals surface area contributed by atoms with Crippen molar-refractivity contribution in [1.82, 2.24) is 14.7 Å². The molecule has 0 spiro atoms. The van der Waals surface area contributed by atoms with Crippen LogP contribution in [0.3, 0.4) is 0 Å². The molecular weight excluding hydrogens is 468 g/mol. The highest BCUT2D eigenvalue weighted by Crippen LogP contribution is 2.31. The predicted octanol–water partition coefficient (Wildman–Crippen LogP) is 5.65. The minimum atomic E-state index is -0.456. The number of hydrogen-bond donors (Lipinski definition) is 0. The quantitative estimate of drug-likeness (QED) is 0.251. The topological polar surface area (TPSA) is 87.0 Å². The maximum atomic E-state index is 13.6. The van der Waals surface area contributed by atoms with E-state index in [1.807, 2.05) is 4.90 Å². The minimum Gasteiger partial charge on any atom is -0.337 e. The average molecular weight is 515 g/mol. The van der Waals surface area contributed by atoms with E-state index in [9.17, 15) is 19.7 Å². The molecular formula is C29H46N4O4. The number of carbonyl (C=O) groups excluding carboxylic acids is 2. The number of nitrogens with zero attached hydrogens (tertiary/aromatic N) is 4. The molecule has 2 saturated carbocycles. The molecule has 1 aromatic carbocycles. The van der Waals surface area contributed by atoms with Crippen LogP contribution in [0.4, 0.5) is 5.69 Å². The summed E-state index contributed by atoms with van der Waals surface area (Å²) in [5.41, 5.74) is 0.421. The molecule has 0 aromatic heterocycles. The Morgan fingerprint density at radius 2 is 1.38 bits per heavy atom. The summed E-state index contributed by atoms with van der Waals surface area (Å²) in [5.74, 6) is 0.121. The number of non-ortho nitro benzene ring substituents is 1. The Kier molecular flexibility index (Phi) is 11.8. The molecule has 206 valence electrons. The van der Waals surface area contributed by atoms with Gasteiger partial charge in [-0.3, -0.25) is 19.7 Å². The molecule has 0 bridgehead atoms. The number of carbonyl (C=O) groups is 2. The fourth-order valence-electron chi connectivity index (χ4n) is 6.00. The van der Waals surface area contributed by atoms with Gasteiger partial charge in [-0.1, -0.05) is 52.4 Å². The van der Waals surface area contributed by atoms with Crippen LogP contribution in [0.25, 0.3) is 0 Å². The van der Waals surface area contributed by atoms with Crippen LogP contribution in [0.15, 0.2) is 24.3 Å². The molecule has 0 heterocycles. The maximum Gasteiger partial charge on any atom is 0.269 e. The normalized spacial score (nSPS) is 17.1. The van der Waals surface area contributed by atoms with E-state index < -0.39 is 4.92 Å². The summed E-state index contributed by atoms with van der Waals surface area (Å²) < 4.78 is 0. The third-order valence-corrected chi connectivity index (χ3v) is 8.24. The van der Waals surface area contributed by atoms with Crippen LogP contribution < -0.4 is 0 Å². The second-order valence-electron chi connectivity index (χ2n) is 10.6. The highest BCUT2D eigenvalue weighted by molar-refractivity contribution is 5.94. The van der Waals surface area contributed by atoms with Crippen molar-refractivity contribution in [2.45, 2.75) is 103 Å². The van der Waals surface area contributed by atoms with Gasteiger partial charge in [-0.15, -0.1) is 0 Å². The first-order valence-electron chi connectivity index (χ1n) is 14.5. The molecule has 0 saturated heterocycles. The molecule has 2 fully saturated rings. The van der Waals surface area contributed by atoms with Crippen LogP contribution in [0.2, 0.25) is 0 Å². The summed E-state index contributed by atoms with van der Waals surface area (Å²) in [6.45, 7) is 7.87. The molecule has 8 nitrogen and oxygen atoms in total. The SMILES string of the molecule is CCN(CC)CCN(CCCC(=O)N(C1CCCCC1)C1CCCCC1)C(=O)c1ccc([N+](=O)[O-])cc1. The van der Waals surface area contributed by atoms with Gasteiger partial charge in [0.15, 0.2) is 0 Å². The van der Waals surface area contributed by atoms with Crippen LogP contribution in [-0.4, -0.2) is 76.2 Å². The van der Waals surface area contributed by atoms with Crippen molar-refractivity contribution < 1.29 is 14.5 Å². The van der Waals surface area contributed by atoms with Crippen LogP contribution >= 0.6 is 0 Å². The van der Waals surface area contributed by atoms with Crippen molar-refractivity contribution >= 4 is 17.5 Å². The van der Waals surface area contributed by atoms with Crippen molar-refractivity contribution in [3.05, 3.63) is 39.9 Å². The number of rotatable bonds is 13. The Bertz CT molecular complexity index is 841. The molecule has 2 amide bonds. The highest BCUT2D eigenvalue weighted by Gasteiger charge is 2.32. The summed E-state index contributed by atoms with van der Waals surface area (Å²) in [4.78, 5) is 43.8. The van der Waals surface area contributed by atoms with Crippen molar-refractivity contribution in [3.63, 3.8) is 0 Å². The van der Waals surface area contributed by atoms with E-state index in [2.05, 4.69) is 23.6 Å². The molecule has 2 aliphatic carbocycles. The van der Waals surface area contributed by atoms with Gasteiger partial charge in [0, 0.05) is 55.8 Å². The summed E-state index contributed by atoms with van der Waals surface area (Å²) in [6, 6.07) is 6.58. The van der Waals surface area contributed by atoms with Crippen LogP contribution in [0.1, 0.15) is 101 Å². The minimum absolute atomic E-state index is 0.0256. The molecule has 0 unspecified atom stereocenters. The Hall–Kier alpha value is -2.48. The third kappa shape index (κ3) is 8.52. The number of nitro benzene ring substituents is 1. The fourth-order valence-corrected chi connectivity index (χ4v) is 6.00. The van der Waals surface area contributed by atoms with E-state index in [4.69, 9.17) is 0 Å². The van der Waals surface area contributed by atoms with Gasteiger partial charge in [0.25, 0.3) is 11.6 Å². The van der Waals surface area contributed by atoms with E-state index in [0.717, 1.165) is 45.3 Å². The zero-order chi connectivity index (χ0) is 26.6. The van der Waals surface area contributed by atoms with E-state index >= 15 is 0 Å². The molecule has 2 aliphatic rings. The second kappa shape index (κ2) is 15.1. The van der Waals surface area contributed by atoms with Gasteiger partial charge in [-0.25, -0.2) is 0 Å². The lowest BCUT2D eigenvalue weighted by Gasteiger charge is -2.42. The molecule has 1 aromatic rings. The van der Waals surface area contributed by atoms with Crippen LogP contribution in [-0.2, 0) is 4.79 Å². The first kappa shape index (κ1) is 29.1. The van der Waals surface area contributed by atoms with Crippen LogP contribution in [0, 0.1) is 10.1 Å². The molecule has 0 atom stereocenters. The summed E-state index contributed by atoms with van der Waals surface area (Å²) in [7, 11) is 0. The van der Waals surface area contributed by atoms with E-state index in [1.54, 1.807) is 0 Å². The molecule has 0 N–H and O–H groups in total. The largest absolute Gasteiger partial charge is 0.337 e. The Labute approximate surface area is 222 Å². The van der Waals surface area contributed by atoms with Crippen molar-refractivity contribution in [1.29, 1.82) is 0 Å². The van der Waals surface area contributed by atoms with Gasteiger partial charge in [0.1, 0.15) is 0 Å². The fraction of sp³-hybridized carbons (Fsp3) is 0.724. The van der Waals surface area contributed by atoms with Gasteiger partial charge in [-0.05, 0) is 57.3 Å². The molecule has 8 heteroatoms. The number of benzene rings is 1. The van der Waals surface area contributed by atoms with Gasteiger partial charge in [0.05, 0.1) is 4.92 Å². The van der Waals surface area contributed by atoms with Gasteiger partial charge in [0.2, 0.25) is 5.91 Å². The van der Waals surface area contributed by atoms with Gasteiger partial charge in [-0.2, -0.15) is 0 Å². The van der Waals surface area contributed by atoms with Gasteiger partial charge < -0.3 is 14.7 Å². The van der Waals surface area contributed by atoms with E-state index in [-0.39, 0.29) is 17.5 Å². The molecule has 37 heavy (non-hydrogen) atoms. The summed E-state index contributed by atoms with van der Waals surface area (Å²) >= 11 is 0. The third-order valence-electron chi connectivity index (χ3n) is 8.24. The second-order valence-corrected chi connectivity index (χ2v) is 10.6. The zero-order valence-corrected chi connectivity index (χ0v) is 22.9. The zero-order valence-electron chi connectivity index (χ0n) is 22.9. The first-order chi connectivity index (χ1) is 17.9. The highest BCUT2D eigenvalue weighted by atomic mass is 16.6. The maximum absolute atomic E-state index is 13.6. The Morgan fingerprint density at radius 3 is 1.86 bits per heavy atom. The van der Waals surface area contributed by atoms with Crippen molar-refractivity contribution in [2.24, 2.45) is 0 Å². The van der Waals surface area contributed by atoms with Crippen LogP contribution in [0.5, 0.6) is 0 Å². The molecule has 0 aliphatic heterocycles. The van der Waals surface area contributed by atoms with Crippen molar-refractivity contribution in [3.8, 4) is 0 Å². The average Bonchev–Trinajstić information content (AvgIpc) is 2.93. The number of amides is 2. The van der Waals surface area contributed by atoms with Gasteiger partial charge >= 0.3 is 0 Å². The van der Waals surface area contributed by atoms with Crippen molar-refractivity contribution in [2.75, 3.05) is 32.7 Å². The Balaban J connectivity index is 1.65. The number of nitro groups is 1. The number of hydrogen-bond acceptors (Lipinski definition) is 5. The van der Waals surface area contributed by atoms with E-state index in [1.165, 1.54) is 62.8 Å². The lowest BCUT2D eigenvalue weighted by Crippen LogP contribution is -2.49.